The molecule has 5 atom stereocenters. The van der Waals surface area contributed by atoms with E-state index < -0.39 is 97.5 Å². The van der Waals surface area contributed by atoms with Gasteiger partial charge in [0.1, 0.15) is 19.3 Å². The lowest BCUT2D eigenvalue weighted by molar-refractivity contribution is -0.161. The summed E-state index contributed by atoms with van der Waals surface area (Å²) in [6.07, 6.45) is 77.2. The van der Waals surface area contributed by atoms with Gasteiger partial charge >= 0.3 is 39.5 Å². The summed E-state index contributed by atoms with van der Waals surface area (Å²) < 4.78 is 68.8. The van der Waals surface area contributed by atoms with Crippen molar-refractivity contribution in [3.05, 3.63) is 24.3 Å². The Hall–Kier alpha value is -2.46. The number of aliphatic hydroxyl groups is 1. The van der Waals surface area contributed by atoms with Gasteiger partial charge in [-0.3, -0.25) is 37.3 Å². The number of phosphoric ester groups is 2. The molecule has 0 amide bonds. The van der Waals surface area contributed by atoms with E-state index in [0.29, 0.717) is 25.7 Å². The van der Waals surface area contributed by atoms with Crippen LogP contribution in [0.3, 0.4) is 0 Å². The average Bonchev–Trinajstić information content (AvgIpc) is 0.909. The Morgan fingerprint density at radius 2 is 0.457 bits per heavy atom. The molecule has 3 N–H and O–H groups in total. The Morgan fingerprint density at radius 3 is 0.695 bits per heavy atom. The van der Waals surface area contributed by atoms with Crippen molar-refractivity contribution >= 4 is 39.5 Å². The zero-order valence-electron chi connectivity index (χ0n) is 68.2. The van der Waals surface area contributed by atoms with Crippen LogP contribution >= 0.6 is 15.6 Å². The Labute approximate surface area is 643 Å². The molecular weight excluding hydrogens is 1370 g/mol. The van der Waals surface area contributed by atoms with Gasteiger partial charge in [-0.15, -0.1) is 0 Å². The lowest BCUT2D eigenvalue weighted by Gasteiger charge is -2.21. The molecule has 0 rings (SSSR count). The zero-order chi connectivity index (χ0) is 76.7. The number of unbranched alkanes of at least 4 members (excludes halogenated alkanes) is 56. The third-order valence-corrected chi connectivity index (χ3v) is 21.6. The maximum absolute atomic E-state index is 13.1. The van der Waals surface area contributed by atoms with Crippen LogP contribution in [0.15, 0.2) is 24.3 Å². The topological polar surface area (TPSA) is 237 Å². The molecule has 0 aliphatic heterocycles. The van der Waals surface area contributed by atoms with Gasteiger partial charge < -0.3 is 33.8 Å². The molecule has 0 bridgehead atoms. The van der Waals surface area contributed by atoms with E-state index in [4.69, 9.17) is 37.0 Å². The van der Waals surface area contributed by atoms with E-state index >= 15 is 0 Å². The smallest absolute Gasteiger partial charge is 0.462 e. The standard InChI is InChI=1S/C86H164O17P2/c1-5-9-13-17-21-25-29-33-36-38-39-40-41-42-43-46-49-53-57-61-65-69-73-86(91)103-82(77-97-84(89)71-67-63-59-55-51-47-45-37-34-30-26-22-18-14-10-6-2)79-101-105(94,95)99-75-80(87)74-98-104(92,93)100-78-81(76-96-83(88)70-66-62-58-54-50-32-28-24-20-16-12-8-4)102-85(90)72-68-64-60-56-52-48-44-35-31-27-23-19-15-11-7-3/h27,31,35,44,80-82,87H,5-26,28-30,32-34,36-43,45-79H2,1-4H3,(H,92,93)(H,94,95)/b31-27-,44-35-/t80-,81+,82+/m0/s1. The molecule has 0 spiro atoms. The van der Waals surface area contributed by atoms with E-state index in [1.54, 1.807) is 0 Å². The first kappa shape index (κ1) is 103. The summed E-state index contributed by atoms with van der Waals surface area (Å²) in [6.45, 7) is 4.99. The van der Waals surface area contributed by atoms with Crippen molar-refractivity contribution in [2.45, 2.75) is 463 Å². The Morgan fingerprint density at radius 1 is 0.267 bits per heavy atom. The van der Waals surface area contributed by atoms with Crippen molar-refractivity contribution in [3.63, 3.8) is 0 Å². The maximum atomic E-state index is 13.1. The van der Waals surface area contributed by atoms with Crippen LogP contribution in [-0.4, -0.2) is 96.7 Å². The van der Waals surface area contributed by atoms with Gasteiger partial charge in [0.25, 0.3) is 0 Å². The van der Waals surface area contributed by atoms with E-state index in [2.05, 4.69) is 52.0 Å². The number of esters is 4. The summed E-state index contributed by atoms with van der Waals surface area (Å²) in [5.41, 5.74) is 0. The molecule has 0 aliphatic carbocycles. The van der Waals surface area contributed by atoms with E-state index in [-0.39, 0.29) is 25.7 Å². The molecule has 0 saturated carbocycles. The van der Waals surface area contributed by atoms with Crippen LogP contribution < -0.4 is 0 Å². The molecule has 19 heteroatoms. The highest BCUT2D eigenvalue weighted by Gasteiger charge is 2.30. The van der Waals surface area contributed by atoms with Crippen LogP contribution in [0.1, 0.15) is 445 Å². The normalized spacial score (nSPS) is 13.9. The average molecular weight is 1530 g/mol. The van der Waals surface area contributed by atoms with Gasteiger partial charge in [-0.05, 0) is 51.4 Å². The van der Waals surface area contributed by atoms with Crippen LogP contribution in [0.5, 0.6) is 0 Å². The highest BCUT2D eigenvalue weighted by atomic mass is 31.2. The predicted molar refractivity (Wildman–Crippen MR) is 432 cm³/mol. The second-order valence-corrected chi connectivity index (χ2v) is 33.1. The number of hydrogen-bond donors (Lipinski definition) is 3. The predicted octanol–water partition coefficient (Wildman–Crippen LogP) is 26.1. The molecule has 2 unspecified atom stereocenters. The first-order chi connectivity index (χ1) is 51.2. The quantitative estimate of drug-likeness (QED) is 0.0169. The summed E-state index contributed by atoms with van der Waals surface area (Å²) in [5.74, 6) is -2.13. The van der Waals surface area contributed by atoms with Crippen LogP contribution in [0.25, 0.3) is 0 Å². The van der Waals surface area contributed by atoms with Crippen LogP contribution in [-0.2, 0) is 65.4 Å². The number of allylic oxidation sites excluding steroid dienone is 4. The fourth-order valence-electron chi connectivity index (χ4n) is 13.0. The molecule has 0 saturated heterocycles. The zero-order valence-corrected chi connectivity index (χ0v) is 70.0. The summed E-state index contributed by atoms with van der Waals surface area (Å²) in [7, 11) is -9.94. The molecule has 0 fully saturated rings. The number of rotatable bonds is 85. The van der Waals surface area contributed by atoms with Crippen LogP contribution in [0.2, 0.25) is 0 Å². The summed E-state index contributed by atoms with van der Waals surface area (Å²) in [5, 5.41) is 10.7. The van der Waals surface area contributed by atoms with Gasteiger partial charge in [0.05, 0.1) is 26.4 Å². The van der Waals surface area contributed by atoms with Gasteiger partial charge in [-0.1, -0.05) is 392 Å². The molecule has 0 radical (unpaired) electrons. The number of carbonyl (C=O) groups is 4. The lowest BCUT2D eigenvalue weighted by Crippen LogP contribution is -2.30. The van der Waals surface area contributed by atoms with Gasteiger partial charge in [-0.25, -0.2) is 9.13 Å². The second-order valence-electron chi connectivity index (χ2n) is 30.2. The second kappa shape index (κ2) is 79.6. The first-order valence-corrected chi connectivity index (χ1v) is 47.1. The number of carbonyl (C=O) groups excluding carboxylic acids is 4. The number of ether oxygens (including phenoxy) is 4. The van der Waals surface area contributed by atoms with Crippen molar-refractivity contribution in [1.82, 2.24) is 0 Å². The minimum atomic E-state index is -4.97. The molecule has 0 aromatic carbocycles. The minimum Gasteiger partial charge on any atom is -0.462 e. The molecule has 0 aromatic rings. The minimum absolute atomic E-state index is 0.0861. The van der Waals surface area contributed by atoms with Crippen molar-refractivity contribution in [2.75, 3.05) is 39.6 Å². The van der Waals surface area contributed by atoms with Gasteiger partial charge in [0, 0.05) is 25.7 Å². The lowest BCUT2D eigenvalue weighted by atomic mass is 10.0. The van der Waals surface area contributed by atoms with Crippen molar-refractivity contribution in [1.29, 1.82) is 0 Å². The molecule has 105 heavy (non-hydrogen) atoms. The summed E-state index contributed by atoms with van der Waals surface area (Å²) >= 11 is 0. The summed E-state index contributed by atoms with van der Waals surface area (Å²) in [6, 6.07) is 0. The highest BCUT2D eigenvalue weighted by Crippen LogP contribution is 2.45. The number of phosphoric acid groups is 2. The Balaban J connectivity index is 5.26. The fraction of sp³-hybridized carbons (Fsp3) is 0.907. The van der Waals surface area contributed by atoms with E-state index in [1.807, 2.05) is 0 Å². The third kappa shape index (κ3) is 79.4. The fourth-order valence-corrected chi connectivity index (χ4v) is 14.6. The SMILES string of the molecule is CCCCCC/C=C\C=C/CCCCCCCC(=O)O[C@H](COC(=O)CCCCCCCCCCCCCC)COP(=O)(O)OC[C@H](O)COP(=O)(O)OC[C@@H](COC(=O)CCCCCCCCCCCCCCCCCC)OC(=O)CCCCCCCCCCCCCCCCCCCCCCCC. The molecule has 620 valence electrons. The van der Waals surface area contributed by atoms with Crippen LogP contribution in [0, 0.1) is 0 Å². The van der Waals surface area contributed by atoms with E-state index in [1.165, 1.54) is 263 Å². The molecular formula is C86H164O17P2. The first-order valence-electron chi connectivity index (χ1n) is 44.1. The molecule has 17 nitrogen and oxygen atoms in total. The Kier molecular flexibility index (Phi) is 77.8. The van der Waals surface area contributed by atoms with Gasteiger partial charge in [0.15, 0.2) is 12.2 Å². The van der Waals surface area contributed by atoms with Crippen molar-refractivity contribution in [2.24, 2.45) is 0 Å². The van der Waals surface area contributed by atoms with Gasteiger partial charge in [0.2, 0.25) is 0 Å². The van der Waals surface area contributed by atoms with Gasteiger partial charge in [-0.2, -0.15) is 0 Å². The largest absolute Gasteiger partial charge is 0.472 e. The monoisotopic (exact) mass is 1530 g/mol. The number of hydrogen-bond acceptors (Lipinski definition) is 15. The number of aliphatic hydroxyl groups excluding tert-OH is 1. The van der Waals surface area contributed by atoms with Crippen LogP contribution in [0.4, 0.5) is 0 Å². The Bertz CT molecular complexity index is 2080. The molecule has 0 aromatic heterocycles. The van der Waals surface area contributed by atoms with Crippen molar-refractivity contribution in [3.8, 4) is 0 Å². The maximum Gasteiger partial charge on any atom is 0.472 e. The summed E-state index contributed by atoms with van der Waals surface area (Å²) in [4.78, 5) is 73.2. The molecule has 0 aliphatic rings. The van der Waals surface area contributed by atoms with Crippen molar-refractivity contribution < 1.29 is 80.2 Å². The molecule has 0 heterocycles. The van der Waals surface area contributed by atoms with E-state index in [9.17, 15) is 43.2 Å². The third-order valence-electron chi connectivity index (χ3n) is 19.7. The highest BCUT2D eigenvalue weighted by molar-refractivity contribution is 7.47. The van der Waals surface area contributed by atoms with E-state index in [0.717, 1.165) is 103 Å².